The Morgan fingerprint density at radius 3 is 2.24 bits per heavy atom. The zero-order valence-corrected chi connectivity index (χ0v) is 12.4. The molecule has 0 aliphatic carbocycles. The van der Waals surface area contributed by atoms with Crippen LogP contribution in [0.3, 0.4) is 0 Å². The second-order valence-electron chi connectivity index (χ2n) is 4.39. The third-order valence-electron chi connectivity index (χ3n) is 3.17. The summed E-state index contributed by atoms with van der Waals surface area (Å²) in [6, 6.07) is 16.8. The topological polar surface area (TPSA) is 43.4 Å². The first kappa shape index (κ1) is 15.7. The average molecular weight is 292 g/mol. The van der Waals surface area contributed by atoms with Crippen molar-refractivity contribution in [2.24, 2.45) is 0 Å². The third kappa shape index (κ3) is 2.84. The molecule has 0 spiro atoms. The molecule has 0 atom stereocenters. The zero-order chi connectivity index (χ0) is 14.2. The van der Waals surface area contributed by atoms with Gasteiger partial charge in [-0.1, -0.05) is 43.0 Å². The molecular weight excluding hydrogens is 279 g/mol. The minimum Gasteiger partial charge on any atom is -1.00 e. The van der Waals surface area contributed by atoms with Crippen molar-refractivity contribution in [3.8, 4) is 0 Å². The van der Waals surface area contributed by atoms with Gasteiger partial charge in [-0.05, 0) is 34.4 Å². The number of hydrogen-bond donors (Lipinski definition) is 0. The van der Waals surface area contributed by atoms with Gasteiger partial charge in [0.15, 0.2) is 0 Å². The fourth-order valence-corrected chi connectivity index (χ4v) is 3.27. The van der Waals surface area contributed by atoms with Crippen molar-refractivity contribution in [3.05, 3.63) is 67.4 Å². The molecule has 0 bridgehead atoms. The van der Waals surface area contributed by atoms with E-state index in [2.05, 4.69) is 10.8 Å². The molecule has 0 aliphatic heterocycles. The molecule has 5 heteroatoms. The van der Waals surface area contributed by atoms with E-state index in [0.717, 1.165) is 22.4 Å². The largest absolute Gasteiger partial charge is 1.00 e. The molecule has 3 rings (SSSR count). The maximum absolute atomic E-state index is 12.1. The minimum absolute atomic E-state index is 0. The van der Waals surface area contributed by atoms with Crippen LogP contribution in [0, 0.1) is 0 Å². The SMILES string of the molecule is C=COS(=O)(=O)c1cccc2cc3ccccc3cc12.[H-].[Li+]. The van der Waals surface area contributed by atoms with E-state index in [9.17, 15) is 8.42 Å². The summed E-state index contributed by atoms with van der Waals surface area (Å²) in [6.45, 7) is 3.30. The number of fused-ring (bicyclic) bond motifs is 2. The summed E-state index contributed by atoms with van der Waals surface area (Å²) in [7, 11) is -3.82. The molecule has 0 saturated heterocycles. The van der Waals surface area contributed by atoms with E-state index in [-0.39, 0.29) is 25.2 Å². The van der Waals surface area contributed by atoms with E-state index in [4.69, 9.17) is 0 Å². The molecule has 0 unspecified atom stereocenters. The van der Waals surface area contributed by atoms with Crippen molar-refractivity contribution in [2.75, 3.05) is 0 Å². The summed E-state index contributed by atoms with van der Waals surface area (Å²) in [4.78, 5) is 0.153. The maximum atomic E-state index is 12.1. The third-order valence-corrected chi connectivity index (χ3v) is 4.45. The minimum atomic E-state index is -3.82. The molecular formula is C16H13LiO3S. The van der Waals surface area contributed by atoms with Crippen molar-refractivity contribution in [3.63, 3.8) is 0 Å². The van der Waals surface area contributed by atoms with Gasteiger partial charge < -0.3 is 5.61 Å². The van der Waals surface area contributed by atoms with Crippen molar-refractivity contribution in [1.29, 1.82) is 0 Å². The molecule has 0 radical (unpaired) electrons. The maximum Gasteiger partial charge on any atom is 1.00 e. The summed E-state index contributed by atoms with van der Waals surface area (Å²) >= 11 is 0. The second kappa shape index (κ2) is 5.95. The molecule has 0 fully saturated rings. The molecule has 3 aromatic rings. The van der Waals surface area contributed by atoms with Crippen molar-refractivity contribution < 1.29 is 32.9 Å². The fourth-order valence-electron chi connectivity index (χ4n) is 2.30. The van der Waals surface area contributed by atoms with Gasteiger partial charge in [0.25, 0.3) is 0 Å². The number of benzene rings is 3. The average Bonchev–Trinajstić information content (AvgIpc) is 2.44. The van der Waals surface area contributed by atoms with E-state index >= 15 is 0 Å². The van der Waals surface area contributed by atoms with Crippen LogP contribution >= 0.6 is 0 Å². The molecule has 0 aromatic heterocycles. The first-order valence-corrected chi connectivity index (χ1v) is 7.48. The number of hydrogen-bond acceptors (Lipinski definition) is 3. The van der Waals surface area contributed by atoms with Crippen LogP contribution in [0.15, 0.2) is 72.3 Å². The van der Waals surface area contributed by atoms with Gasteiger partial charge in [0.05, 0.1) is 6.26 Å². The van der Waals surface area contributed by atoms with Crippen LogP contribution in [0.2, 0.25) is 0 Å². The van der Waals surface area contributed by atoms with E-state index in [1.807, 2.05) is 42.5 Å². The van der Waals surface area contributed by atoms with Crippen molar-refractivity contribution in [2.45, 2.75) is 4.90 Å². The summed E-state index contributed by atoms with van der Waals surface area (Å²) in [6.07, 6.45) is 0.926. The summed E-state index contributed by atoms with van der Waals surface area (Å²) < 4.78 is 28.8. The Kier molecular flexibility index (Phi) is 4.43. The Morgan fingerprint density at radius 2 is 1.57 bits per heavy atom. The van der Waals surface area contributed by atoms with E-state index < -0.39 is 10.1 Å². The van der Waals surface area contributed by atoms with Gasteiger partial charge in [-0.25, -0.2) is 0 Å². The summed E-state index contributed by atoms with van der Waals surface area (Å²) in [5.41, 5.74) is 0. The molecule has 3 aromatic carbocycles. The molecule has 0 aliphatic rings. The standard InChI is InChI=1S/C16H12O3S.Li.H/c1-2-19-20(17,18)16-9-5-8-14-10-12-6-3-4-7-13(12)11-15(14)16;;/h2-11H,1H2;;/q;+1;-1. The van der Waals surface area contributed by atoms with E-state index in [1.54, 1.807) is 6.07 Å². The molecule has 0 saturated carbocycles. The van der Waals surface area contributed by atoms with Gasteiger partial charge >= 0.3 is 29.0 Å². The van der Waals surface area contributed by atoms with Crippen LogP contribution in [0.4, 0.5) is 0 Å². The Labute approximate surface area is 137 Å². The number of rotatable bonds is 3. The normalized spacial score (nSPS) is 11.0. The molecule has 0 N–H and O–H groups in total. The van der Waals surface area contributed by atoms with Gasteiger partial charge in [-0.15, -0.1) is 0 Å². The van der Waals surface area contributed by atoms with Gasteiger partial charge in [-0.2, -0.15) is 8.42 Å². The zero-order valence-electron chi connectivity index (χ0n) is 12.6. The molecule has 3 nitrogen and oxygen atoms in total. The monoisotopic (exact) mass is 292 g/mol. The van der Waals surface area contributed by atoms with Gasteiger partial charge in [0.1, 0.15) is 4.90 Å². The Morgan fingerprint density at radius 1 is 0.952 bits per heavy atom. The first-order chi connectivity index (χ1) is 9.62. The predicted octanol–water partition coefficient (Wildman–Crippen LogP) is 0.958. The van der Waals surface area contributed by atoms with Crippen LogP contribution in [-0.2, 0) is 14.3 Å². The smallest absolute Gasteiger partial charge is 1.00 e. The Balaban J connectivity index is 0.00000121. The second-order valence-corrected chi connectivity index (χ2v) is 5.93. The van der Waals surface area contributed by atoms with E-state index in [0.29, 0.717) is 5.39 Å². The Bertz CT molecular complexity index is 923. The van der Waals surface area contributed by atoms with Crippen molar-refractivity contribution in [1.82, 2.24) is 0 Å². The summed E-state index contributed by atoms with van der Waals surface area (Å²) in [5, 5.41) is 3.56. The predicted molar refractivity (Wildman–Crippen MR) is 81.0 cm³/mol. The molecule has 21 heavy (non-hydrogen) atoms. The van der Waals surface area contributed by atoms with Gasteiger partial charge in [0, 0.05) is 5.39 Å². The first-order valence-electron chi connectivity index (χ1n) is 6.07. The summed E-state index contributed by atoms with van der Waals surface area (Å²) in [5.74, 6) is 0. The van der Waals surface area contributed by atoms with Gasteiger partial charge in [-0.3, -0.25) is 0 Å². The quantitative estimate of drug-likeness (QED) is 0.312. The van der Waals surface area contributed by atoms with Crippen LogP contribution < -0.4 is 18.9 Å². The fraction of sp³-hybridized carbons (Fsp3) is 0. The van der Waals surface area contributed by atoms with E-state index in [1.165, 1.54) is 6.07 Å². The van der Waals surface area contributed by atoms with Crippen LogP contribution in [-0.4, -0.2) is 8.42 Å². The van der Waals surface area contributed by atoms with Gasteiger partial charge in [0.2, 0.25) is 0 Å². The molecule has 0 heterocycles. The van der Waals surface area contributed by atoms with Crippen LogP contribution in [0.1, 0.15) is 1.43 Å². The van der Waals surface area contributed by atoms with Crippen molar-refractivity contribution >= 4 is 31.7 Å². The van der Waals surface area contributed by atoms with Crippen LogP contribution in [0.5, 0.6) is 0 Å². The van der Waals surface area contributed by atoms with Crippen LogP contribution in [0.25, 0.3) is 21.5 Å². The molecule has 0 amide bonds. The molecule has 102 valence electrons. The Hall–Kier alpha value is -1.73.